The summed E-state index contributed by atoms with van der Waals surface area (Å²) in [5, 5.41) is 0. The van der Waals surface area contributed by atoms with Crippen molar-refractivity contribution in [2.45, 2.75) is 58.5 Å². The number of sulfonamides is 1. The smallest absolute Gasteiger partial charge is 0.302 e. The number of benzene rings is 1. The van der Waals surface area contributed by atoms with Crippen LogP contribution in [0.2, 0.25) is 0 Å². The highest BCUT2D eigenvalue weighted by atomic mass is 32.2. The van der Waals surface area contributed by atoms with Crippen molar-refractivity contribution in [2.75, 3.05) is 29.0 Å². The number of ketones is 1. The van der Waals surface area contributed by atoms with E-state index in [1.807, 2.05) is 19.1 Å². The Balaban J connectivity index is 1.66. The van der Waals surface area contributed by atoms with Gasteiger partial charge in [-0.2, -0.15) is 0 Å². The van der Waals surface area contributed by atoms with Crippen LogP contribution in [0.3, 0.4) is 0 Å². The fourth-order valence-electron chi connectivity index (χ4n) is 4.20. The molecule has 3 rings (SSSR count). The molecule has 0 amide bonds. The summed E-state index contributed by atoms with van der Waals surface area (Å²) >= 11 is 0. The number of hydrogen-bond donors (Lipinski definition) is 1. The van der Waals surface area contributed by atoms with Crippen molar-refractivity contribution in [3.8, 4) is 0 Å². The molecule has 1 saturated heterocycles. The summed E-state index contributed by atoms with van der Waals surface area (Å²) in [6.07, 6.45) is 3.06. The molecular formula is C25H32FN3O5S. The minimum atomic E-state index is -3.60. The molecule has 2 heterocycles. The molecule has 1 fully saturated rings. The number of carbonyl (C=O) groups is 2. The lowest BCUT2D eigenvalue weighted by molar-refractivity contribution is -0.147. The number of esters is 1. The molecule has 1 aliphatic rings. The van der Waals surface area contributed by atoms with E-state index < -0.39 is 21.8 Å². The fourth-order valence-corrected chi connectivity index (χ4v) is 4.77. The van der Waals surface area contributed by atoms with Gasteiger partial charge in [-0.3, -0.25) is 14.3 Å². The average Bonchev–Trinajstić information content (AvgIpc) is 2.78. The van der Waals surface area contributed by atoms with E-state index in [9.17, 15) is 22.4 Å². The van der Waals surface area contributed by atoms with Crippen molar-refractivity contribution in [3.63, 3.8) is 0 Å². The van der Waals surface area contributed by atoms with Crippen molar-refractivity contribution < 1.29 is 27.1 Å². The van der Waals surface area contributed by atoms with Gasteiger partial charge in [0.1, 0.15) is 23.5 Å². The SMILES string of the molecule is CC(=O)OC1CCN(c2nc(C)ccc2CCC(=O)C(C)c2ccc(NS(C)(=O)=O)c(F)c2)CC1. The van der Waals surface area contributed by atoms with Gasteiger partial charge in [0, 0.05) is 50.9 Å². The lowest BCUT2D eigenvalue weighted by Crippen LogP contribution is -2.38. The Morgan fingerprint density at radius 1 is 1.23 bits per heavy atom. The maximum absolute atomic E-state index is 14.4. The number of anilines is 2. The average molecular weight is 506 g/mol. The number of ether oxygens (including phenoxy) is 1. The van der Waals surface area contributed by atoms with E-state index in [-0.39, 0.29) is 30.0 Å². The standard InChI is InChI=1S/C25H32FN3O5S/c1-16-5-6-19(25(27-16)29-13-11-21(12-14-29)34-18(3)30)8-10-24(31)17(2)20-7-9-23(22(26)15-20)28-35(4,32)33/h5-7,9,15,17,21,28H,8,10-14H2,1-4H3. The van der Waals surface area contributed by atoms with Crippen molar-refractivity contribution in [1.29, 1.82) is 0 Å². The third-order valence-corrected chi connectivity index (χ3v) is 6.67. The number of aryl methyl sites for hydroxylation is 2. The molecule has 0 radical (unpaired) electrons. The summed E-state index contributed by atoms with van der Waals surface area (Å²) in [7, 11) is -3.60. The van der Waals surface area contributed by atoms with Crippen molar-refractivity contribution in [2.24, 2.45) is 0 Å². The van der Waals surface area contributed by atoms with Crippen LogP contribution in [0.4, 0.5) is 15.9 Å². The lowest BCUT2D eigenvalue weighted by atomic mass is 9.92. The summed E-state index contributed by atoms with van der Waals surface area (Å²) in [5.41, 5.74) is 2.18. The van der Waals surface area contributed by atoms with Gasteiger partial charge in [0.15, 0.2) is 0 Å². The number of carbonyl (C=O) groups excluding carboxylic acids is 2. The monoisotopic (exact) mass is 505 g/mol. The van der Waals surface area contributed by atoms with E-state index in [1.165, 1.54) is 19.1 Å². The number of pyridine rings is 1. The summed E-state index contributed by atoms with van der Waals surface area (Å²) in [5.74, 6) is -0.748. The van der Waals surface area contributed by atoms with Crippen molar-refractivity contribution >= 4 is 33.3 Å². The van der Waals surface area contributed by atoms with Gasteiger partial charge in [-0.05, 0) is 42.7 Å². The molecule has 0 bridgehead atoms. The van der Waals surface area contributed by atoms with E-state index >= 15 is 0 Å². The molecule has 0 spiro atoms. The molecule has 8 nitrogen and oxygen atoms in total. The van der Waals surface area contributed by atoms with Gasteiger partial charge in [-0.1, -0.05) is 19.1 Å². The van der Waals surface area contributed by atoms with Gasteiger partial charge in [-0.25, -0.2) is 17.8 Å². The molecule has 1 N–H and O–H groups in total. The number of nitrogens with one attached hydrogen (secondary N) is 1. The van der Waals surface area contributed by atoms with Crippen LogP contribution in [0.25, 0.3) is 0 Å². The first-order valence-electron chi connectivity index (χ1n) is 11.6. The summed E-state index contributed by atoms with van der Waals surface area (Å²) in [4.78, 5) is 31.0. The minimum absolute atomic E-state index is 0.0479. The molecule has 0 saturated carbocycles. The van der Waals surface area contributed by atoms with E-state index in [0.29, 0.717) is 25.1 Å². The molecule has 1 aromatic heterocycles. The summed E-state index contributed by atoms with van der Waals surface area (Å²) in [6, 6.07) is 7.99. The summed E-state index contributed by atoms with van der Waals surface area (Å²) in [6.45, 7) is 6.47. The quantitative estimate of drug-likeness (QED) is 0.518. The van der Waals surface area contributed by atoms with E-state index in [4.69, 9.17) is 9.72 Å². The van der Waals surface area contributed by atoms with Crippen LogP contribution in [0.5, 0.6) is 0 Å². The van der Waals surface area contributed by atoms with Gasteiger partial charge >= 0.3 is 5.97 Å². The van der Waals surface area contributed by atoms with E-state index in [1.54, 1.807) is 13.0 Å². The van der Waals surface area contributed by atoms with Crippen LogP contribution in [0, 0.1) is 12.7 Å². The van der Waals surface area contributed by atoms with Gasteiger partial charge in [-0.15, -0.1) is 0 Å². The Bertz CT molecular complexity index is 1190. The first kappa shape index (κ1) is 26.6. The largest absolute Gasteiger partial charge is 0.462 e. The topological polar surface area (TPSA) is 106 Å². The number of piperidine rings is 1. The van der Waals surface area contributed by atoms with Crippen LogP contribution >= 0.6 is 0 Å². The molecule has 1 atom stereocenters. The van der Waals surface area contributed by atoms with E-state index in [2.05, 4.69) is 9.62 Å². The Hall–Kier alpha value is -3.01. The predicted octanol–water partition coefficient (Wildman–Crippen LogP) is 3.74. The van der Waals surface area contributed by atoms with Crippen LogP contribution in [0.1, 0.15) is 55.8 Å². The van der Waals surface area contributed by atoms with Gasteiger partial charge in [0.25, 0.3) is 0 Å². The van der Waals surface area contributed by atoms with Gasteiger partial charge in [0.05, 0.1) is 11.9 Å². The second-order valence-electron chi connectivity index (χ2n) is 9.03. The Morgan fingerprint density at radius 2 is 1.91 bits per heavy atom. The van der Waals surface area contributed by atoms with Crippen molar-refractivity contribution in [3.05, 3.63) is 53.0 Å². The highest BCUT2D eigenvalue weighted by Crippen LogP contribution is 2.27. The lowest BCUT2D eigenvalue weighted by Gasteiger charge is -2.33. The molecule has 0 aliphatic carbocycles. The molecule has 10 heteroatoms. The highest BCUT2D eigenvalue weighted by molar-refractivity contribution is 7.92. The molecule has 2 aromatic rings. The molecule has 35 heavy (non-hydrogen) atoms. The molecular weight excluding hydrogens is 473 g/mol. The van der Waals surface area contributed by atoms with Crippen LogP contribution in [-0.4, -0.2) is 50.6 Å². The maximum Gasteiger partial charge on any atom is 0.302 e. The summed E-state index contributed by atoms with van der Waals surface area (Å²) < 4.78 is 44.5. The Kier molecular flexibility index (Phi) is 8.47. The van der Waals surface area contributed by atoms with Gasteiger partial charge in [0.2, 0.25) is 10.0 Å². The number of Topliss-reactive ketones (excluding diaryl/α,β-unsaturated/α-hetero) is 1. The first-order valence-corrected chi connectivity index (χ1v) is 13.5. The number of rotatable bonds is 9. The first-order chi connectivity index (χ1) is 16.4. The molecule has 190 valence electrons. The number of nitrogens with zero attached hydrogens (tertiary/aromatic N) is 2. The molecule has 1 aliphatic heterocycles. The second kappa shape index (κ2) is 11.2. The van der Waals surface area contributed by atoms with Crippen LogP contribution < -0.4 is 9.62 Å². The van der Waals surface area contributed by atoms with Crippen LogP contribution in [0.15, 0.2) is 30.3 Å². The zero-order valence-corrected chi connectivity index (χ0v) is 21.3. The van der Waals surface area contributed by atoms with Crippen LogP contribution in [-0.2, 0) is 30.8 Å². The zero-order chi connectivity index (χ0) is 25.8. The van der Waals surface area contributed by atoms with Gasteiger partial charge < -0.3 is 9.64 Å². The second-order valence-corrected chi connectivity index (χ2v) is 10.8. The predicted molar refractivity (Wildman–Crippen MR) is 133 cm³/mol. The Morgan fingerprint density at radius 3 is 2.51 bits per heavy atom. The van der Waals surface area contributed by atoms with Crippen molar-refractivity contribution in [1.82, 2.24) is 4.98 Å². The highest BCUT2D eigenvalue weighted by Gasteiger charge is 2.24. The molecule has 1 aromatic carbocycles. The number of aromatic nitrogens is 1. The number of hydrogen-bond acceptors (Lipinski definition) is 7. The fraction of sp³-hybridized carbons (Fsp3) is 0.480. The molecule has 1 unspecified atom stereocenters. The third-order valence-electron chi connectivity index (χ3n) is 6.08. The zero-order valence-electron chi connectivity index (χ0n) is 20.5. The minimum Gasteiger partial charge on any atom is -0.462 e. The Labute approximate surface area is 205 Å². The normalized spacial score (nSPS) is 15.5. The van der Waals surface area contributed by atoms with E-state index in [0.717, 1.165) is 36.2 Å². The third kappa shape index (κ3) is 7.48. The number of halogens is 1. The maximum atomic E-state index is 14.4.